The number of rotatable bonds is 5. The molecule has 20 heavy (non-hydrogen) atoms. The van der Waals surface area contributed by atoms with Crippen molar-refractivity contribution in [1.82, 2.24) is 10.2 Å². The number of likely N-dealkylation sites (N-methyl/N-ethyl adjacent to an activating group) is 1. The van der Waals surface area contributed by atoms with Gasteiger partial charge in [0.1, 0.15) is 0 Å². The van der Waals surface area contributed by atoms with Crippen molar-refractivity contribution in [3.05, 3.63) is 0 Å². The van der Waals surface area contributed by atoms with E-state index in [-0.39, 0.29) is 0 Å². The first-order chi connectivity index (χ1) is 9.65. The molecule has 0 aromatic heterocycles. The zero-order valence-electron chi connectivity index (χ0n) is 14.2. The predicted octanol–water partition coefficient (Wildman–Crippen LogP) is 3.91. The third-order valence-corrected chi connectivity index (χ3v) is 5.99. The van der Waals surface area contributed by atoms with Crippen molar-refractivity contribution in [2.45, 2.75) is 77.8 Å². The Morgan fingerprint density at radius 1 is 1.10 bits per heavy atom. The molecule has 0 radical (unpaired) electrons. The molecule has 3 atom stereocenters. The lowest BCUT2D eigenvalue weighted by Crippen LogP contribution is -2.54. The van der Waals surface area contributed by atoms with Crippen LogP contribution in [-0.2, 0) is 0 Å². The molecule has 2 fully saturated rings. The Morgan fingerprint density at radius 3 is 2.35 bits per heavy atom. The van der Waals surface area contributed by atoms with E-state index in [1.165, 1.54) is 58.0 Å². The summed E-state index contributed by atoms with van der Waals surface area (Å²) in [4.78, 5) is 2.82. The van der Waals surface area contributed by atoms with Gasteiger partial charge in [0.25, 0.3) is 0 Å². The normalized spacial score (nSPS) is 33.8. The molecule has 2 nitrogen and oxygen atoms in total. The SMILES string of the molecule is CCCC1CCN(C2CC(C(C)C)CCC2NC)CC1. The van der Waals surface area contributed by atoms with Crippen LogP contribution in [0.3, 0.4) is 0 Å². The molecule has 0 aromatic carbocycles. The van der Waals surface area contributed by atoms with E-state index in [0.717, 1.165) is 29.8 Å². The molecule has 1 aliphatic carbocycles. The number of nitrogens with zero attached hydrogens (tertiary/aromatic N) is 1. The highest BCUT2D eigenvalue weighted by molar-refractivity contribution is 4.92. The summed E-state index contributed by atoms with van der Waals surface area (Å²) >= 11 is 0. The van der Waals surface area contributed by atoms with Crippen LogP contribution in [0.25, 0.3) is 0 Å². The van der Waals surface area contributed by atoms with Crippen molar-refractivity contribution < 1.29 is 0 Å². The minimum absolute atomic E-state index is 0.729. The Labute approximate surface area is 126 Å². The molecule has 0 aromatic rings. The third-order valence-electron chi connectivity index (χ3n) is 5.99. The molecule has 2 aliphatic rings. The van der Waals surface area contributed by atoms with Crippen LogP contribution in [0.15, 0.2) is 0 Å². The predicted molar refractivity (Wildman–Crippen MR) is 88.0 cm³/mol. The van der Waals surface area contributed by atoms with Gasteiger partial charge in [0.05, 0.1) is 0 Å². The Kier molecular flexibility index (Phi) is 6.35. The van der Waals surface area contributed by atoms with Gasteiger partial charge in [-0.15, -0.1) is 0 Å². The minimum atomic E-state index is 0.729. The first kappa shape index (κ1) is 16.3. The minimum Gasteiger partial charge on any atom is -0.315 e. The summed E-state index contributed by atoms with van der Waals surface area (Å²) in [5.74, 6) is 2.81. The van der Waals surface area contributed by atoms with Crippen LogP contribution < -0.4 is 5.32 Å². The maximum atomic E-state index is 3.61. The van der Waals surface area contributed by atoms with E-state index in [4.69, 9.17) is 0 Å². The molecule has 1 aliphatic heterocycles. The maximum absolute atomic E-state index is 3.61. The van der Waals surface area contributed by atoms with Gasteiger partial charge in [0.15, 0.2) is 0 Å². The second-order valence-corrected chi connectivity index (χ2v) is 7.55. The summed E-state index contributed by atoms with van der Waals surface area (Å²) in [6.07, 6.45) is 9.90. The van der Waals surface area contributed by atoms with Gasteiger partial charge in [-0.1, -0.05) is 33.6 Å². The fourth-order valence-corrected chi connectivity index (χ4v) is 4.51. The zero-order valence-corrected chi connectivity index (χ0v) is 14.2. The highest BCUT2D eigenvalue weighted by Crippen LogP contribution is 2.34. The largest absolute Gasteiger partial charge is 0.315 e. The van der Waals surface area contributed by atoms with Crippen LogP contribution >= 0.6 is 0 Å². The van der Waals surface area contributed by atoms with Crippen molar-refractivity contribution >= 4 is 0 Å². The molecular weight excluding hydrogens is 244 g/mol. The van der Waals surface area contributed by atoms with Crippen LogP contribution in [-0.4, -0.2) is 37.1 Å². The average molecular weight is 281 g/mol. The van der Waals surface area contributed by atoms with Crippen molar-refractivity contribution in [3.63, 3.8) is 0 Å². The maximum Gasteiger partial charge on any atom is 0.0251 e. The van der Waals surface area contributed by atoms with Crippen LogP contribution in [0.1, 0.15) is 65.7 Å². The first-order valence-corrected chi connectivity index (χ1v) is 9.07. The lowest BCUT2D eigenvalue weighted by molar-refractivity contribution is 0.0563. The van der Waals surface area contributed by atoms with E-state index in [2.05, 4.69) is 38.0 Å². The number of hydrogen-bond donors (Lipinski definition) is 1. The summed E-state index contributed by atoms with van der Waals surface area (Å²) in [5, 5.41) is 3.61. The van der Waals surface area contributed by atoms with E-state index < -0.39 is 0 Å². The van der Waals surface area contributed by atoms with E-state index in [1.807, 2.05) is 0 Å². The Bertz CT molecular complexity index is 269. The molecule has 2 heteroatoms. The molecule has 1 saturated carbocycles. The fourth-order valence-electron chi connectivity index (χ4n) is 4.51. The molecule has 0 spiro atoms. The summed E-state index contributed by atoms with van der Waals surface area (Å²) in [5.41, 5.74) is 0. The first-order valence-electron chi connectivity index (χ1n) is 9.07. The van der Waals surface area contributed by atoms with E-state index in [1.54, 1.807) is 0 Å². The summed E-state index contributed by atoms with van der Waals surface area (Å²) in [7, 11) is 2.16. The smallest absolute Gasteiger partial charge is 0.0251 e. The molecule has 118 valence electrons. The van der Waals surface area contributed by atoms with Crippen molar-refractivity contribution in [1.29, 1.82) is 0 Å². The third kappa shape index (κ3) is 3.98. The average Bonchev–Trinajstić information content (AvgIpc) is 2.47. The lowest BCUT2D eigenvalue weighted by atomic mass is 9.75. The molecule has 0 amide bonds. The number of hydrogen-bond acceptors (Lipinski definition) is 2. The number of nitrogens with one attached hydrogen (secondary N) is 1. The van der Waals surface area contributed by atoms with Gasteiger partial charge in [-0.05, 0) is 70.0 Å². The van der Waals surface area contributed by atoms with Gasteiger partial charge < -0.3 is 5.32 Å². The summed E-state index contributed by atoms with van der Waals surface area (Å²) in [6.45, 7) is 9.85. The Morgan fingerprint density at radius 2 is 1.80 bits per heavy atom. The lowest BCUT2D eigenvalue weighted by Gasteiger charge is -2.46. The van der Waals surface area contributed by atoms with Crippen LogP contribution in [0, 0.1) is 17.8 Å². The summed E-state index contributed by atoms with van der Waals surface area (Å²) < 4.78 is 0. The van der Waals surface area contributed by atoms with E-state index >= 15 is 0 Å². The monoisotopic (exact) mass is 280 g/mol. The van der Waals surface area contributed by atoms with Crippen LogP contribution in [0.4, 0.5) is 0 Å². The Hall–Kier alpha value is -0.0800. The number of piperidine rings is 1. The second-order valence-electron chi connectivity index (χ2n) is 7.55. The standard InChI is InChI=1S/C18H36N2/c1-5-6-15-9-11-20(12-10-15)18-13-16(14(2)3)7-8-17(18)19-4/h14-19H,5-13H2,1-4H3. The zero-order chi connectivity index (χ0) is 14.5. The van der Waals surface area contributed by atoms with Gasteiger partial charge in [0.2, 0.25) is 0 Å². The summed E-state index contributed by atoms with van der Waals surface area (Å²) in [6, 6.07) is 1.52. The fraction of sp³-hybridized carbons (Fsp3) is 1.00. The van der Waals surface area contributed by atoms with E-state index in [0.29, 0.717) is 0 Å². The van der Waals surface area contributed by atoms with Crippen LogP contribution in [0.2, 0.25) is 0 Å². The number of likely N-dealkylation sites (tertiary alicyclic amines) is 1. The molecule has 0 bridgehead atoms. The molecule has 1 heterocycles. The van der Waals surface area contributed by atoms with Crippen molar-refractivity contribution in [2.75, 3.05) is 20.1 Å². The molecule has 3 unspecified atom stereocenters. The van der Waals surface area contributed by atoms with Gasteiger partial charge in [-0.25, -0.2) is 0 Å². The topological polar surface area (TPSA) is 15.3 Å². The molecule has 1 saturated heterocycles. The van der Waals surface area contributed by atoms with Gasteiger partial charge in [0, 0.05) is 12.1 Å². The van der Waals surface area contributed by atoms with Crippen molar-refractivity contribution in [2.24, 2.45) is 17.8 Å². The quantitative estimate of drug-likeness (QED) is 0.821. The van der Waals surface area contributed by atoms with Gasteiger partial charge in [-0.3, -0.25) is 4.90 Å². The highest BCUT2D eigenvalue weighted by Gasteiger charge is 2.35. The van der Waals surface area contributed by atoms with Gasteiger partial charge >= 0.3 is 0 Å². The highest BCUT2D eigenvalue weighted by atomic mass is 15.2. The second kappa shape index (κ2) is 7.79. The van der Waals surface area contributed by atoms with E-state index in [9.17, 15) is 0 Å². The van der Waals surface area contributed by atoms with Gasteiger partial charge in [-0.2, -0.15) is 0 Å². The van der Waals surface area contributed by atoms with Crippen LogP contribution in [0.5, 0.6) is 0 Å². The Balaban J connectivity index is 1.91. The molecule has 1 N–H and O–H groups in total. The molecular formula is C18H36N2. The molecule has 2 rings (SSSR count). The van der Waals surface area contributed by atoms with Crippen molar-refractivity contribution in [3.8, 4) is 0 Å².